The molecule has 4 heterocycles. The number of nitrogens with zero attached hydrogens (tertiary/aromatic N) is 4. The van der Waals surface area contributed by atoms with Gasteiger partial charge in [0.2, 0.25) is 0 Å². The van der Waals surface area contributed by atoms with Crippen LogP contribution in [-0.4, -0.2) is 51.3 Å². The van der Waals surface area contributed by atoms with E-state index in [1.807, 2.05) is 6.07 Å². The SMILES string of the molecule is O=C(NC1CC1)OC1CCCN(c2nc[nH]c3cnc4nccc4c23)C1. The van der Waals surface area contributed by atoms with Gasteiger partial charge in [-0.3, -0.25) is 0 Å². The van der Waals surface area contributed by atoms with E-state index < -0.39 is 0 Å². The molecular formula is C18H20N6O2. The first-order valence-electron chi connectivity index (χ1n) is 9.07. The van der Waals surface area contributed by atoms with E-state index in [-0.39, 0.29) is 12.2 Å². The number of H-pyrrole nitrogens is 1. The van der Waals surface area contributed by atoms with Crippen LogP contribution in [0.2, 0.25) is 0 Å². The van der Waals surface area contributed by atoms with Crippen LogP contribution in [0.4, 0.5) is 10.6 Å². The molecule has 1 saturated heterocycles. The van der Waals surface area contributed by atoms with Crippen LogP contribution in [0, 0.1) is 0 Å². The first-order chi connectivity index (χ1) is 12.8. The summed E-state index contributed by atoms with van der Waals surface area (Å²) >= 11 is 0. The summed E-state index contributed by atoms with van der Waals surface area (Å²) in [6, 6.07) is 2.27. The molecule has 1 amide bonds. The fraction of sp³-hybridized carbons (Fsp3) is 0.444. The maximum atomic E-state index is 12.0. The second-order valence-corrected chi connectivity index (χ2v) is 6.99. The van der Waals surface area contributed by atoms with Gasteiger partial charge in [0.25, 0.3) is 0 Å². The third-order valence-electron chi connectivity index (χ3n) is 5.01. The van der Waals surface area contributed by atoms with Gasteiger partial charge >= 0.3 is 6.09 Å². The molecule has 5 rings (SSSR count). The summed E-state index contributed by atoms with van der Waals surface area (Å²) in [6.07, 6.45) is 8.75. The molecule has 8 nitrogen and oxygen atoms in total. The number of carbonyl (C=O) groups excluding carboxylic acids is 1. The molecular weight excluding hydrogens is 332 g/mol. The number of aromatic nitrogens is 4. The van der Waals surface area contributed by atoms with Gasteiger partial charge in [0.1, 0.15) is 11.9 Å². The van der Waals surface area contributed by atoms with Crippen LogP contribution in [0.25, 0.3) is 21.9 Å². The van der Waals surface area contributed by atoms with Crippen LogP contribution in [0.15, 0.2) is 24.8 Å². The van der Waals surface area contributed by atoms with E-state index in [1.54, 1.807) is 18.7 Å². The Balaban J connectivity index is 1.43. The number of ether oxygens (including phenoxy) is 1. The molecule has 0 bridgehead atoms. The van der Waals surface area contributed by atoms with Crippen LogP contribution in [0.3, 0.4) is 0 Å². The normalized spacial score (nSPS) is 20.5. The Hall–Kier alpha value is -2.90. The van der Waals surface area contributed by atoms with E-state index in [9.17, 15) is 4.79 Å². The van der Waals surface area contributed by atoms with Crippen LogP contribution < -0.4 is 10.2 Å². The molecule has 26 heavy (non-hydrogen) atoms. The van der Waals surface area contributed by atoms with Gasteiger partial charge in [-0.15, -0.1) is 0 Å². The average Bonchev–Trinajstić information content (AvgIpc) is 3.33. The maximum absolute atomic E-state index is 12.0. The van der Waals surface area contributed by atoms with Crippen molar-refractivity contribution in [1.29, 1.82) is 0 Å². The van der Waals surface area contributed by atoms with Gasteiger partial charge in [-0.2, -0.15) is 0 Å². The van der Waals surface area contributed by atoms with Gasteiger partial charge in [-0.25, -0.2) is 19.7 Å². The summed E-state index contributed by atoms with van der Waals surface area (Å²) < 4.78 is 5.63. The van der Waals surface area contributed by atoms with Crippen LogP contribution in [-0.2, 0) is 4.74 Å². The van der Waals surface area contributed by atoms with Crippen molar-refractivity contribution >= 4 is 33.8 Å². The lowest BCUT2D eigenvalue weighted by Crippen LogP contribution is -2.43. The quantitative estimate of drug-likeness (QED) is 0.751. The van der Waals surface area contributed by atoms with E-state index in [0.29, 0.717) is 18.2 Å². The second kappa shape index (κ2) is 6.12. The van der Waals surface area contributed by atoms with Crippen molar-refractivity contribution < 1.29 is 9.53 Å². The van der Waals surface area contributed by atoms with E-state index in [4.69, 9.17) is 4.74 Å². The van der Waals surface area contributed by atoms with Crippen molar-refractivity contribution in [2.45, 2.75) is 37.8 Å². The lowest BCUT2D eigenvalue weighted by molar-refractivity contribution is 0.0879. The van der Waals surface area contributed by atoms with E-state index >= 15 is 0 Å². The summed E-state index contributed by atoms with van der Waals surface area (Å²) in [6.45, 7) is 1.52. The molecule has 134 valence electrons. The molecule has 1 unspecified atom stereocenters. The lowest BCUT2D eigenvalue weighted by atomic mass is 10.1. The topological polar surface area (TPSA) is 96.0 Å². The molecule has 0 spiro atoms. The molecule has 2 aliphatic rings. The van der Waals surface area contributed by atoms with Gasteiger partial charge < -0.3 is 19.9 Å². The summed E-state index contributed by atoms with van der Waals surface area (Å²) in [5.41, 5.74) is 1.64. The van der Waals surface area contributed by atoms with Crippen molar-refractivity contribution in [3.8, 4) is 0 Å². The Bertz CT molecular complexity index is 967. The molecule has 1 aliphatic carbocycles. The smallest absolute Gasteiger partial charge is 0.407 e. The van der Waals surface area contributed by atoms with Crippen molar-refractivity contribution in [1.82, 2.24) is 25.3 Å². The van der Waals surface area contributed by atoms with Crippen LogP contribution in [0.5, 0.6) is 0 Å². The molecule has 1 atom stereocenters. The van der Waals surface area contributed by atoms with E-state index in [1.165, 1.54) is 0 Å². The van der Waals surface area contributed by atoms with Crippen molar-refractivity contribution in [2.75, 3.05) is 18.0 Å². The highest BCUT2D eigenvalue weighted by molar-refractivity contribution is 6.08. The minimum absolute atomic E-state index is 0.126. The fourth-order valence-corrected chi connectivity index (χ4v) is 3.58. The Morgan fingerprint density at radius 3 is 3.08 bits per heavy atom. The highest BCUT2D eigenvalue weighted by atomic mass is 16.6. The standard InChI is InChI=1S/C18H20N6O2/c25-18(23-11-3-4-11)26-12-2-1-7-24(9-12)17-15-13-5-6-19-16(13)20-8-14(15)21-10-22-17/h5-6,8,10-12H,1-4,7,9H2,(H,21,22)(H,23,25). The van der Waals surface area contributed by atoms with Crippen molar-refractivity contribution in [3.63, 3.8) is 0 Å². The van der Waals surface area contributed by atoms with Crippen molar-refractivity contribution in [2.24, 2.45) is 0 Å². The predicted molar refractivity (Wildman–Crippen MR) is 97.1 cm³/mol. The van der Waals surface area contributed by atoms with Crippen LogP contribution >= 0.6 is 0 Å². The largest absolute Gasteiger partial charge is 0.444 e. The molecule has 2 fully saturated rings. The third kappa shape index (κ3) is 2.81. The molecule has 0 aromatic carbocycles. The van der Waals surface area contributed by atoms with Gasteiger partial charge in [-0.1, -0.05) is 0 Å². The number of pyridine rings is 1. The second-order valence-electron chi connectivity index (χ2n) is 6.99. The molecule has 1 saturated carbocycles. The number of hydrogen-bond donors (Lipinski definition) is 2. The van der Waals surface area contributed by atoms with E-state index in [2.05, 4.69) is 30.2 Å². The molecule has 3 aromatic rings. The Kier molecular flexibility index (Phi) is 3.62. The lowest BCUT2D eigenvalue weighted by Gasteiger charge is -2.33. The fourth-order valence-electron chi connectivity index (χ4n) is 3.58. The summed E-state index contributed by atoms with van der Waals surface area (Å²) in [4.78, 5) is 30.6. The number of hydrogen-bond acceptors (Lipinski definition) is 6. The minimum atomic E-state index is -0.301. The Labute approximate surface area is 150 Å². The number of amides is 1. The molecule has 1 aliphatic heterocycles. The molecule has 3 aromatic heterocycles. The highest BCUT2D eigenvalue weighted by Crippen LogP contribution is 2.31. The third-order valence-corrected chi connectivity index (χ3v) is 5.01. The monoisotopic (exact) mass is 352 g/mol. The highest BCUT2D eigenvalue weighted by Gasteiger charge is 2.28. The van der Waals surface area contributed by atoms with Gasteiger partial charge in [0.05, 0.1) is 30.0 Å². The molecule has 0 radical (unpaired) electrons. The molecule has 8 heteroatoms. The maximum Gasteiger partial charge on any atom is 0.407 e. The number of alkyl carbamates (subject to hydrolysis) is 1. The average molecular weight is 352 g/mol. The first kappa shape index (κ1) is 15.4. The zero-order valence-corrected chi connectivity index (χ0v) is 14.3. The van der Waals surface area contributed by atoms with Gasteiger partial charge in [0.15, 0.2) is 5.65 Å². The molecule has 2 N–H and O–H groups in total. The number of rotatable bonds is 3. The zero-order valence-electron chi connectivity index (χ0n) is 14.3. The number of nitrogens with one attached hydrogen (secondary N) is 2. The zero-order chi connectivity index (χ0) is 17.5. The number of fused-ring (bicyclic) bond motifs is 3. The summed E-state index contributed by atoms with van der Waals surface area (Å²) in [5.74, 6) is 0.884. The summed E-state index contributed by atoms with van der Waals surface area (Å²) in [5, 5.41) is 4.88. The first-order valence-corrected chi connectivity index (χ1v) is 9.07. The number of piperidine rings is 1. The Morgan fingerprint density at radius 1 is 1.27 bits per heavy atom. The number of aromatic amines is 1. The van der Waals surface area contributed by atoms with Gasteiger partial charge in [-0.05, 0) is 31.7 Å². The minimum Gasteiger partial charge on any atom is -0.444 e. The predicted octanol–water partition coefficient (Wildman–Crippen LogP) is 2.36. The summed E-state index contributed by atoms with van der Waals surface area (Å²) in [7, 11) is 0. The number of anilines is 1. The van der Waals surface area contributed by atoms with Gasteiger partial charge in [0, 0.05) is 24.2 Å². The van der Waals surface area contributed by atoms with E-state index in [0.717, 1.165) is 54.3 Å². The Morgan fingerprint density at radius 2 is 2.19 bits per heavy atom. The van der Waals surface area contributed by atoms with Crippen molar-refractivity contribution in [3.05, 3.63) is 24.8 Å². The van der Waals surface area contributed by atoms with Crippen LogP contribution in [0.1, 0.15) is 25.7 Å². The number of carbonyl (C=O) groups is 1.